The van der Waals surface area contributed by atoms with Crippen molar-refractivity contribution in [3.8, 4) is 0 Å². The molecule has 1 aromatic rings. The van der Waals surface area contributed by atoms with Crippen LogP contribution >= 0.6 is 11.8 Å². The van der Waals surface area contributed by atoms with Crippen molar-refractivity contribution in [2.24, 2.45) is 0 Å². The molecule has 0 aliphatic carbocycles. The molecule has 2 amide bonds. The molecular formula is C18H26N2O5S. The summed E-state index contributed by atoms with van der Waals surface area (Å²) in [6, 6.07) is 5.65. The van der Waals surface area contributed by atoms with Crippen molar-refractivity contribution in [2.45, 2.75) is 38.8 Å². The minimum Gasteiger partial charge on any atom is -0.465 e. The number of carbonyl (C=O) groups is 3. The van der Waals surface area contributed by atoms with Gasteiger partial charge in [0, 0.05) is 5.69 Å². The van der Waals surface area contributed by atoms with Crippen molar-refractivity contribution in [3.05, 3.63) is 29.8 Å². The summed E-state index contributed by atoms with van der Waals surface area (Å²) in [4.78, 5) is 36.1. The van der Waals surface area contributed by atoms with Crippen LogP contribution in [0.25, 0.3) is 0 Å². The van der Waals surface area contributed by atoms with Crippen molar-refractivity contribution in [2.75, 3.05) is 24.4 Å². The molecule has 0 bridgehead atoms. The zero-order valence-corrected chi connectivity index (χ0v) is 16.6. The molecule has 1 atom stereocenters. The summed E-state index contributed by atoms with van der Waals surface area (Å²) in [6.07, 6.45) is 1.72. The third-order valence-corrected chi connectivity index (χ3v) is 3.81. The summed E-state index contributed by atoms with van der Waals surface area (Å²) < 4.78 is 9.88. The molecule has 2 N–H and O–H groups in total. The first kappa shape index (κ1) is 21.8. The number of methoxy groups -OCH3 is 1. The number of esters is 1. The Kier molecular flexibility index (Phi) is 8.44. The van der Waals surface area contributed by atoms with E-state index in [0.29, 0.717) is 23.4 Å². The molecule has 1 aromatic carbocycles. The zero-order chi connectivity index (χ0) is 19.7. The number of amides is 2. The van der Waals surface area contributed by atoms with E-state index in [-0.39, 0.29) is 5.91 Å². The van der Waals surface area contributed by atoms with Crippen LogP contribution in [0, 0.1) is 0 Å². The second-order valence-corrected chi connectivity index (χ2v) is 7.53. The Labute approximate surface area is 158 Å². The van der Waals surface area contributed by atoms with Crippen LogP contribution in [0.3, 0.4) is 0 Å². The van der Waals surface area contributed by atoms with Crippen LogP contribution in [-0.2, 0) is 14.3 Å². The fourth-order valence-corrected chi connectivity index (χ4v) is 2.50. The molecule has 0 heterocycles. The molecule has 0 aliphatic heterocycles. The summed E-state index contributed by atoms with van der Waals surface area (Å²) in [5, 5.41) is 5.31. The zero-order valence-electron chi connectivity index (χ0n) is 15.8. The highest BCUT2D eigenvalue weighted by Crippen LogP contribution is 2.13. The second-order valence-electron chi connectivity index (χ2n) is 6.54. The van der Waals surface area contributed by atoms with Gasteiger partial charge in [-0.1, -0.05) is 6.07 Å². The maximum absolute atomic E-state index is 12.6. The number of benzene rings is 1. The van der Waals surface area contributed by atoms with Crippen LogP contribution in [0.4, 0.5) is 10.5 Å². The molecule has 0 saturated heterocycles. The van der Waals surface area contributed by atoms with E-state index < -0.39 is 23.7 Å². The SMILES string of the molecule is COC(=O)c1cccc(NC(=O)[C@H](CCSC)NC(=O)OC(C)(C)C)c1. The first-order valence-electron chi connectivity index (χ1n) is 8.14. The molecule has 0 aromatic heterocycles. The molecule has 1 rings (SSSR count). The molecule has 144 valence electrons. The Morgan fingerprint density at radius 3 is 2.50 bits per heavy atom. The quantitative estimate of drug-likeness (QED) is 0.704. The van der Waals surface area contributed by atoms with Crippen molar-refractivity contribution in [3.63, 3.8) is 0 Å². The monoisotopic (exact) mass is 382 g/mol. The largest absolute Gasteiger partial charge is 0.465 e. The van der Waals surface area contributed by atoms with E-state index in [1.54, 1.807) is 50.7 Å². The summed E-state index contributed by atoms with van der Waals surface area (Å²) >= 11 is 1.57. The smallest absolute Gasteiger partial charge is 0.408 e. The number of rotatable bonds is 7. The molecule has 0 radical (unpaired) electrons. The maximum Gasteiger partial charge on any atom is 0.408 e. The number of thioether (sulfide) groups is 1. The Balaban J connectivity index is 2.82. The lowest BCUT2D eigenvalue weighted by atomic mass is 10.1. The number of hydrogen-bond acceptors (Lipinski definition) is 6. The van der Waals surface area contributed by atoms with E-state index in [0.717, 1.165) is 0 Å². The van der Waals surface area contributed by atoms with Gasteiger partial charge in [0.25, 0.3) is 0 Å². The van der Waals surface area contributed by atoms with Gasteiger partial charge in [0.15, 0.2) is 0 Å². The van der Waals surface area contributed by atoms with Gasteiger partial charge in [-0.05, 0) is 57.4 Å². The number of hydrogen-bond donors (Lipinski definition) is 2. The average molecular weight is 382 g/mol. The molecular weight excluding hydrogens is 356 g/mol. The van der Waals surface area contributed by atoms with Crippen LogP contribution in [0.1, 0.15) is 37.6 Å². The summed E-state index contributed by atoms with van der Waals surface area (Å²) in [5.74, 6) is -0.186. The molecule has 0 unspecified atom stereocenters. The third-order valence-electron chi connectivity index (χ3n) is 3.17. The van der Waals surface area contributed by atoms with Crippen LogP contribution < -0.4 is 10.6 Å². The van der Waals surface area contributed by atoms with E-state index in [2.05, 4.69) is 15.4 Å². The molecule has 8 heteroatoms. The molecule has 7 nitrogen and oxygen atoms in total. The number of anilines is 1. The number of ether oxygens (including phenoxy) is 2. The Morgan fingerprint density at radius 2 is 1.92 bits per heavy atom. The highest BCUT2D eigenvalue weighted by molar-refractivity contribution is 7.98. The predicted octanol–water partition coefficient (Wildman–Crippen LogP) is 3.06. The van der Waals surface area contributed by atoms with Gasteiger partial charge in [0.05, 0.1) is 12.7 Å². The van der Waals surface area contributed by atoms with Gasteiger partial charge in [-0.2, -0.15) is 11.8 Å². The van der Waals surface area contributed by atoms with Gasteiger partial charge in [-0.15, -0.1) is 0 Å². The Bertz CT molecular complexity index is 643. The number of carbonyl (C=O) groups excluding carboxylic acids is 3. The normalized spacial score (nSPS) is 12.0. The van der Waals surface area contributed by atoms with Crippen molar-refractivity contribution in [1.29, 1.82) is 0 Å². The minimum atomic E-state index is -0.751. The highest BCUT2D eigenvalue weighted by Gasteiger charge is 2.24. The highest BCUT2D eigenvalue weighted by atomic mass is 32.2. The Hall–Kier alpha value is -2.22. The first-order valence-corrected chi connectivity index (χ1v) is 9.53. The molecule has 0 spiro atoms. The maximum atomic E-state index is 12.6. The summed E-state index contributed by atoms with van der Waals surface area (Å²) in [6.45, 7) is 5.26. The van der Waals surface area contributed by atoms with Crippen molar-refractivity contribution in [1.82, 2.24) is 5.32 Å². The van der Waals surface area contributed by atoms with E-state index in [1.807, 2.05) is 6.26 Å². The molecule has 26 heavy (non-hydrogen) atoms. The standard InChI is InChI=1S/C18H26N2O5S/c1-18(2,3)25-17(23)20-14(9-10-26-5)15(21)19-13-8-6-7-12(11-13)16(22)24-4/h6-8,11,14H,9-10H2,1-5H3,(H,19,21)(H,20,23)/t14-/m0/s1. The summed E-state index contributed by atoms with van der Waals surface area (Å²) in [5.41, 5.74) is 0.114. The van der Waals surface area contributed by atoms with Crippen molar-refractivity contribution >= 4 is 35.4 Å². The summed E-state index contributed by atoms with van der Waals surface area (Å²) in [7, 11) is 1.29. The second kappa shape index (κ2) is 10.1. The Morgan fingerprint density at radius 1 is 1.23 bits per heavy atom. The van der Waals surface area contributed by atoms with Crippen LogP contribution in [0.5, 0.6) is 0 Å². The van der Waals surface area contributed by atoms with Crippen molar-refractivity contribution < 1.29 is 23.9 Å². The van der Waals surface area contributed by atoms with E-state index in [4.69, 9.17) is 4.74 Å². The minimum absolute atomic E-state index is 0.325. The van der Waals surface area contributed by atoms with Gasteiger partial charge in [-0.3, -0.25) is 4.79 Å². The van der Waals surface area contributed by atoms with E-state index in [1.165, 1.54) is 13.2 Å². The lowest BCUT2D eigenvalue weighted by Gasteiger charge is -2.23. The first-order chi connectivity index (χ1) is 12.2. The van der Waals surface area contributed by atoms with Gasteiger partial charge < -0.3 is 20.1 Å². The predicted molar refractivity (Wildman–Crippen MR) is 103 cm³/mol. The fraction of sp³-hybridized carbons (Fsp3) is 0.500. The number of nitrogens with one attached hydrogen (secondary N) is 2. The van der Waals surface area contributed by atoms with Gasteiger partial charge in [0.1, 0.15) is 11.6 Å². The lowest BCUT2D eigenvalue weighted by Crippen LogP contribution is -2.46. The third kappa shape index (κ3) is 7.77. The molecule has 0 aliphatic rings. The molecule has 0 saturated carbocycles. The van der Waals surface area contributed by atoms with E-state index >= 15 is 0 Å². The van der Waals surface area contributed by atoms with Crippen LogP contribution in [0.2, 0.25) is 0 Å². The fourth-order valence-electron chi connectivity index (χ4n) is 2.03. The van der Waals surface area contributed by atoms with E-state index in [9.17, 15) is 14.4 Å². The lowest BCUT2D eigenvalue weighted by molar-refractivity contribution is -0.118. The van der Waals surface area contributed by atoms with Crippen LogP contribution in [0.15, 0.2) is 24.3 Å². The van der Waals surface area contributed by atoms with Gasteiger partial charge in [-0.25, -0.2) is 9.59 Å². The average Bonchev–Trinajstić information content (AvgIpc) is 2.56. The number of alkyl carbamates (subject to hydrolysis) is 1. The molecule has 0 fully saturated rings. The van der Waals surface area contributed by atoms with Crippen LogP contribution in [-0.4, -0.2) is 48.7 Å². The van der Waals surface area contributed by atoms with Gasteiger partial charge in [0.2, 0.25) is 5.91 Å². The topological polar surface area (TPSA) is 93.7 Å². The van der Waals surface area contributed by atoms with Gasteiger partial charge >= 0.3 is 12.1 Å².